The van der Waals surface area contributed by atoms with Crippen LogP contribution in [0.2, 0.25) is 0 Å². The molecule has 0 unspecified atom stereocenters. The van der Waals surface area contributed by atoms with Crippen LogP contribution in [0.25, 0.3) is 0 Å². The highest BCUT2D eigenvalue weighted by Crippen LogP contribution is 2.29. The molecule has 1 amide bonds. The third-order valence-corrected chi connectivity index (χ3v) is 5.67. The van der Waals surface area contributed by atoms with Crippen molar-refractivity contribution in [3.63, 3.8) is 0 Å². The summed E-state index contributed by atoms with van der Waals surface area (Å²) in [4.78, 5) is 17.3. The van der Waals surface area contributed by atoms with Gasteiger partial charge in [-0.05, 0) is 30.5 Å². The average Bonchev–Trinajstić information content (AvgIpc) is 2.69. The maximum absolute atomic E-state index is 12.9. The van der Waals surface area contributed by atoms with E-state index in [2.05, 4.69) is 18.7 Å². The molecule has 0 atom stereocenters. The monoisotopic (exact) mass is 363 g/mol. The first-order chi connectivity index (χ1) is 12.5. The van der Waals surface area contributed by atoms with Crippen LogP contribution < -0.4 is 15.2 Å². The largest absolute Gasteiger partial charge is 0.497 e. The zero-order chi connectivity index (χ0) is 19.2. The molecule has 2 rings (SSSR count). The van der Waals surface area contributed by atoms with Crippen LogP contribution in [0.1, 0.15) is 32.3 Å². The predicted octanol–water partition coefficient (Wildman–Crippen LogP) is 2.11. The van der Waals surface area contributed by atoms with Gasteiger partial charge in [0.25, 0.3) is 0 Å². The lowest BCUT2D eigenvalue weighted by Gasteiger charge is -2.40. The van der Waals surface area contributed by atoms with Crippen LogP contribution in [-0.4, -0.2) is 62.7 Å². The zero-order valence-corrected chi connectivity index (χ0v) is 16.6. The van der Waals surface area contributed by atoms with Crippen LogP contribution in [0.5, 0.6) is 11.5 Å². The summed E-state index contributed by atoms with van der Waals surface area (Å²) in [5.74, 6) is 1.81. The number of carbonyl (C=O) groups is 1. The second-order valence-corrected chi connectivity index (χ2v) is 6.98. The first kappa shape index (κ1) is 20.5. The lowest BCUT2D eigenvalue weighted by molar-refractivity contribution is -0.144. The van der Waals surface area contributed by atoms with Gasteiger partial charge in [-0.2, -0.15) is 0 Å². The summed E-state index contributed by atoms with van der Waals surface area (Å²) >= 11 is 0. The molecule has 0 aliphatic carbocycles. The number of ether oxygens (including phenoxy) is 2. The van der Waals surface area contributed by atoms with Crippen LogP contribution in [0, 0.1) is 5.41 Å². The van der Waals surface area contributed by atoms with Crippen molar-refractivity contribution in [2.24, 2.45) is 11.1 Å². The van der Waals surface area contributed by atoms with Crippen molar-refractivity contribution in [3.8, 4) is 11.5 Å². The van der Waals surface area contributed by atoms with E-state index in [0.29, 0.717) is 6.54 Å². The Bertz CT molecular complexity index is 563. The molecule has 26 heavy (non-hydrogen) atoms. The highest BCUT2D eigenvalue weighted by atomic mass is 16.5. The molecule has 2 N–H and O–H groups in total. The third kappa shape index (κ3) is 4.48. The summed E-state index contributed by atoms with van der Waals surface area (Å²) in [6.07, 6.45) is 1.59. The van der Waals surface area contributed by atoms with E-state index in [9.17, 15) is 4.79 Å². The van der Waals surface area contributed by atoms with Crippen molar-refractivity contribution in [2.45, 2.75) is 33.2 Å². The maximum Gasteiger partial charge on any atom is 0.230 e. The van der Waals surface area contributed by atoms with E-state index in [1.807, 2.05) is 23.1 Å². The number of hydrogen-bond acceptors (Lipinski definition) is 5. The Balaban J connectivity index is 1.97. The summed E-state index contributed by atoms with van der Waals surface area (Å²) in [5.41, 5.74) is 6.69. The van der Waals surface area contributed by atoms with E-state index in [0.717, 1.165) is 62.6 Å². The standard InChI is InChI=1S/C20H33N3O3/c1-5-20(6-2,15-21)19(24)23-9-7-22(8-10-23)14-16-11-17(25-3)13-18(12-16)26-4/h11-13H,5-10,14-15,21H2,1-4H3. The van der Waals surface area contributed by atoms with Gasteiger partial charge in [-0.25, -0.2) is 0 Å². The van der Waals surface area contributed by atoms with Gasteiger partial charge in [-0.1, -0.05) is 13.8 Å². The van der Waals surface area contributed by atoms with Crippen LogP contribution in [0.3, 0.4) is 0 Å². The summed E-state index contributed by atoms with van der Waals surface area (Å²) < 4.78 is 10.7. The summed E-state index contributed by atoms with van der Waals surface area (Å²) in [6, 6.07) is 5.95. The normalized spacial score (nSPS) is 15.8. The van der Waals surface area contributed by atoms with Gasteiger partial charge in [0, 0.05) is 45.3 Å². The summed E-state index contributed by atoms with van der Waals surface area (Å²) in [6.45, 7) is 8.57. The molecule has 0 aromatic heterocycles. The minimum absolute atomic E-state index is 0.215. The average molecular weight is 364 g/mol. The van der Waals surface area contributed by atoms with Crippen molar-refractivity contribution in [2.75, 3.05) is 46.9 Å². The third-order valence-electron chi connectivity index (χ3n) is 5.67. The van der Waals surface area contributed by atoms with Crippen molar-refractivity contribution in [1.82, 2.24) is 9.80 Å². The molecule has 146 valence electrons. The number of carbonyl (C=O) groups excluding carboxylic acids is 1. The van der Waals surface area contributed by atoms with Gasteiger partial charge in [0.05, 0.1) is 19.6 Å². The first-order valence-corrected chi connectivity index (χ1v) is 9.45. The Morgan fingerprint density at radius 1 is 1.04 bits per heavy atom. The molecule has 1 saturated heterocycles. The number of piperazine rings is 1. The second-order valence-electron chi connectivity index (χ2n) is 6.98. The Labute approximate surface area is 157 Å². The second kappa shape index (κ2) is 9.24. The number of benzene rings is 1. The summed E-state index contributed by atoms with van der Waals surface area (Å²) in [5, 5.41) is 0. The Morgan fingerprint density at radius 3 is 2.00 bits per heavy atom. The zero-order valence-electron chi connectivity index (χ0n) is 16.6. The molecular formula is C20H33N3O3. The number of hydrogen-bond donors (Lipinski definition) is 1. The number of amides is 1. The van der Waals surface area contributed by atoms with E-state index in [1.165, 1.54) is 0 Å². The van der Waals surface area contributed by atoms with Gasteiger partial charge in [-0.3, -0.25) is 9.69 Å². The maximum atomic E-state index is 12.9. The Morgan fingerprint density at radius 2 is 1.58 bits per heavy atom. The predicted molar refractivity (Wildman–Crippen MR) is 103 cm³/mol. The lowest BCUT2D eigenvalue weighted by Crippen LogP contribution is -2.54. The topological polar surface area (TPSA) is 68.0 Å². The fraction of sp³-hybridized carbons (Fsp3) is 0.650. The molecule has 0 bridgehead atoms. The van der Waals surface area contributed by atoms with Crippen LogP contribution in [-0.2, 0) is 11.3 Å². The number of nitrogens with zero attached hydrogens (tertiary/aromatic N) is 2. The van der Waals surface area contributed by atoms with Crippen molar-refractivity contribution >= 4 is 5.91 Å². The van der Waals surface area contributed by atoms with Crippen molar-refractivity contribution in [3.05, 3.63) is 23.8 Å². The van der Waals surface area contributed by atoms with Gasteiger partial charge in [0.2, 0.25) is 5.91 Å². The van der Waals surface area contributed by atoms with Crippen molar-refractivity contribution in [1.29, 1.82) is 0 Å². The minimum atomic E-state index is -0.400. The highest BCUT2D eigenvalue weighted by Gasteiger charge is 2.37. The van der Waals surface area contributed by atoms with Gasteiger partial charge < -0.3 is 20.1 Å². The highest BCUT2D eigenvalue weighted by molar-refractivity contribution is 5.83. The number of nitrogens with two attached hydrogens (primary N) is 1. The molecule has 1 fully saturated rings. The van der Waals surface area contributed by atoms with Gasteiger partial charge in [-0.15, -0.1) is 0 Å². The van der Waals surface area contributed by atoms with E-state index in [-0.39, 0.29) is 5.91 Å². The van der Waals surface area contributed by atoms with E-state index < -0.39 is 5.41 Å². The lowest BCUT2D eigenvalue weighted by atomic mass is 9.81. The minimum Gasteiger partial charge on any atom is -0.497 e. The quantitative estimate of drug-likeness (QED) is 0.766. The van der Waals surface area contributed by atoms with Crippen LogP contribution >= 0.6 is 0 Å². The molecule has 1 aromatic rings. The Kier molecular flexibility index (Phi) is 7.29. The molecule has 1 aliphatic rings. The fourth-order valence-electron chi connectivity index (χ4n) is 3.59. The molecule has 6 nitrogen and oxygen atoms in total. The number of rotatable bonds is 8. The van der Waals surface area contributed by atoms with Crippen LogP contribution in [0.15, 0.2) is 18.2 Å². The van der Waals surface area contributed by atoms with Crippen molar-refractivity contribution < 1.29 is 14.3 Å². The summed E-state index contributed by atoms with van der Waals surface area (Å²) in [7, 11) is 3.32. The van der Waals surface area contributed by atoms with E-state index in [4.69, 9.17) is 15.2 Å². The SMILES string of the molecule is CCC(CC)(CN)C(=O)N1CCN(Cc2cc(OC)cc(OC)c2)CC1. The molecule has 0 radical (unpaired) electrons. The molecule has 0 spiro atoms. The van der Waals surface area contributed by atoms with Gasteiger partial charge in [0.1, 0.15) is 11.5 Å². The molecule has 1 aliphatic heterocycles. The van der Waals surface area contributed by atoms with E-state index in [1.54, 1.807) is 14.2 Å². The van der Waals surface area contributed by atoms with Gasteiger partial charge in [0.15, 0.2) is 0 Å². The molecule has 1 aromatic carbocycles. The first-order valence-electron chi connectivity index (χ1n) is 9.45. The van der Waals surface area contributed by atoms with Crippen LogP contribution in [0.4, 0.5) is 0 Å². The van der Waals surface area contributed by atoms with Gasteiger partial charge >= 0.3 is 0 Å². The smallest absolute Gasteiger partial charge is 0.230 e. The molecule has 1 heterocycles. The number of methoxy groups -OCH3 is 2. The molecule has 0 saturated carbocycles. The molecular weight excluding hydrogens is 330 g/mol. The Hall–Kier alpha value is -1.79. The van der Waals surface area contributed by atoms with E-state index >= 15 is 0 Å². The fourth-order valence-corrected chi connectivity index (χ4v) is 3.59. The molecule has 6 heteroatoms.